The number of halogens is 3. The number of aromatic nitrogens is 2. The standard InChI is InChI=1S/C18H14F3N3O2/c1-11(25)23-14-6-7-16-15(8-14)17(26)24(10-22-16)9-12-2-4-13(5-3-12)18(19,20)21/h2-8,10H,9H2,1H3,(H,23,25). The van der Waals surface area contributed by atoms with E-state index < -0.39 is 11.7 Å². The largest absolute Gasteiger partial charge is 0.416 e. The molecule has 1 N–H and O–H groups in total. The van der Waals surface area contributed by atoms with Crippen molar-refractivity contribution in [3.05, 3.63) is 70.3 Å². The van der Waals surface area contributed by atoms with Crippen LogP contribution in [0, 0.1) is 0 Å². The van der Waals surface area contributed by atoms with E-state index in [1.807, 2.05) is 0 Å². The number of rotatable bonds is 3. The van der Waals surface area contributed by atoms with E-state index in [4.69, 9.17) is 0 Å². The number of hydrogen-bond donors (Lipinski definition) is 1. The molecule has 0 aliphatic heterocycles. The Morgan fingerprint density at radius 3 is 2.46 bits per heavy atom. The van der Waals surface area contributed by atoms with Crippen LogP contribution in [0.5, 0.6) is 0 Å². The number of fused-ring (bicyclic) bond motifs is 1. The van der Waals surface area contributed by atoms with Crippen LogP contribution in [0.3, 0.4) is 0 Å². The van der Waals surface area contributed by atoms with E-state index in [-0.39, 0.29) is 18.0 Å². The van der Waals surface area contributed by atoms with Gasteiger partial charge in [0.05, 0.1) is 29.3 Å². The van der Waals surface area contributed by atoms with Crippen LogP contribution in [-0.4, -0.2) is 15.5 Å². The van der Waals surface area contributed by atoms with E-state index >= 15 is 0 Å². The van der Waals surface area contributed by atoms with Gasteiger partial charge in [-0.25, -0.2) is 4.98 Å². The van der Waals surface area contributed by atoms with Gasteiger partial charge >= 0.3 is 6.18 Å². The Balaban J connectivity index is 1.94. The number of nitrogens with zero attached hydrogens (tertiary/aromatic N) is 2. The number of anilines is 1. The minimum absolute atomic E-state index is 0.0876. The molecule has 0 spiro atoms. The number of benzene rings is 2. The van der Waals surface area contributed by atoms with Gasteiger partial charge in [0.15, 0.2) is 0 Å². The number of nitrogens with one attached hydrogen (secondary N) is 1. The van der Waals surface area contributed by atoms with Crippen LogP contribution >= 0.6 is 0 Å². The zero-order valence-electron chi connectivity index (χ0n) is 13.7. The van der Waals surface area contributed by atoms with Crippen LogP contribution in [-0.2, 0) is 17.5 Å². The van der Waals surface area contributed by atoms with Gasteiger partial charge in [0.1, 0.15) is 0 Å². The number of carbonyl (C=O) groups excluding carboxylic acids is 1. The monoisotopic (exact) mass is 361 g/mol. The second-order valence-electron chi connectivity index (χ2n) is 5.79. The summed E-state index contributed by atoms with van der Waals surface area (Å²) in [6.07, 6.45) is -3.06. The summed E-state index contributed by atoms with van der Waals surface area (Å²) >= 11 is 0. The lowest BCUT2D eigenvalue weighted by atomic mass is 10.1. The molecule has 1 heterocycles. The molecular formula is C18H14F3N3O2. The lowest BCUT2D eigenvalue weighted by Gasteiger charge is -2.10. The zero-order valence-corrected chi connectivity index (χ0v) is 13.7. The highest BCUT2D eigenvalue weighted by molar-refractivity contribution is 5.91. The third-order valence-electron chi connectivity index (χ3n) is 3.78. The maximum Gasteiger partial charge on any atom is 0.416 e. The van der Waals surface area contributed by atoms with Crippen LogP contribution < -0.4 is 10.9 Å². The van der Waals surface area contributed by atoms with Gasteiger partial charge in [-0.15, -0.1) is 0 Å². The highest BCUT2D eigenvalue weighted by atomic mass is 19.4. The lowest BCUT2D eigenvalue weighted by Crippen LogP contribution is -2.21. The number of carbonyl (C=O) groups is 1. The van der Waals surface area contributed by atoms with Crippen molar-refractivity contribution >= 4 is 22.5 Å². The first-order valence-corrected chi connectivity index (χ1v) is 7.67. The van der Waals surface area contributed by atoms with Crippen molar-refractivity contribution in [2.24, 2.45) is 0 Å². The predicted molar refractivity (Wildman–Crippen MR) is 90.9 cm³/mol. The van der Waals surface area contributed by atoms with E-state index in [0.717, 1.165) is 12.1 Å². The summed E-state index contributed by atoms with van der Waals surface area (Å²) in [5, 5.41) is 2.90. The predicted octanol–water partition coefficient (Wildman–Crippen LogP) is 3.42. The Morgan fingerprint density at radius 2 is 1.85 bits per heavy atom. The summed E-state index contributed by atoms with van der Waals surface area (Å²) in [6, 6.07) is 9.38. The highest BCUT2D eigenvalue weighted by Gasteiger charge is 2.29. The molecule has 2 aromatic carbocycles. The van der Waals surface area contributed by atoms with Crippen LogP contribution in [0.25, 0.3) is 10.9 Å². The quantitative estimate of drug-likeness (QED) is 0.777. The fourth-order valence-electron chi connectivity index (χ4n) is 2.55. The molecule has 0 atom stereocenters. The molecule has 134 valence electrons. The molecule has 1 amide bonds. The third-order valence-corrected chi connectivity index (χ3v) is 3.78. The molecule has 5 nitrogen and oxygen atoms in total. The summed E-state index contributed by atoms with van der Waals surface area (Å²) in [4.78, 5) is 28.0. The van der Waals surface area contributed by atoms with Crippen molar-refractivity contribution in [1.29, 1.82) is 0 Å². The van der Waals surface area contributed by atoms with Crippen molar-refractivity contribution in [3.8, 4) is 0 Å². The molecule has 0 fully saturated rings. The Hall–Kier alpha value is -3.16. The lowest BCUT2D eigenvalue weighted by molar-refractivity contribution is -0.137. The number of amides is 1. The molecule has 8 heteroatoms. The van der Waals surface area contributed by atoms with Crippen LogP contribution in [0.4, 0.5) is 18.9 Å². The molecule has 1 aromatic heterocycles. The van der Waals surface area contributed by atoms with Gasteiger partial charge in [-0.3, -0.25) is 14.2 Å². The minimum atomic E-state index is -4.40. The average molecular weight is 361 g/mol. The molecule has 0 radical (unpaired) electrons. The first-order valence-electron chi connectivity index (χ1n) is 7.67. The molecule has 0 aliphatic carbocycles. The summed E-state index contributed by atoms with van der Waals surface area (Å²) in [6.45, 7) is 1.45. The van der Waals surface area contributed by atoms with Crippen LogP contribution in [0.1, 0.15) is 18.1 Å². The van der Waals surface area contributed by atoms with Crippen molar-refractivity contribution < 1.29 is 18.0 Å². The first kappa shape index (κ1) is 17.7. The van der Waals surface area contributed by atoms with E-state index in [2.05, 4.69) is 10.3 Å². The maximum atomic E-state index is 12.6. The van der Waals surface area contributed by atoms with Crippen LogP contribution in [0.2, 0.25) is 0 Å². The van der Waals surface area contributed by atoms with Gasteiger partial charge < -0.3 is 5.32 Å². The third kappa shape index (κ3) is 3.74. The Bertz CT molecular complexity index is 1020. The van der Waals surface area contributed by atoms with Crippen molar-refractivity contribution in [3.63, 3.8) is 0 Å². The molecule has 26 heavy (non-hydrogen) atoms. The van der Waals surface area contributed by atoms with Crippen molar-refractivity contribution in [1.82, 2.24) is 9.55 Å². The second kappa shape index (κ2) is 6.62. The molecule has 0 saturated carbocycles. The minimum Gasteiger partial charge on any atom is -0.326 e. The van der Waals surface area contributed by atoms with Crippen molar-refractivity contribution in [2.45, 2.75) is 19.6 Å². The van der Waals surface area contributed by atoms with Crippen LogP contribution in [0.15, 0.2) is 53.6 Å². The van der Waals surface area contributed by atoms with E-state index in [1.54, 1.807) is 12.1 Å². The zero-order chi connectivity index (χ0) is 18.9. The fraction of sp³-hybridized carbons (Fsp3) is 0.167. The van der Waals surface area contributed by atoms with E-state index in [0.29, 0.717) is 22.2 Å². The summed E-state index contributed by atoms with van der Waals surface area (Å²) in [5.41, 5.74) is 0.385. The van der Waals surface area contributed by atoms with E-state index in [1.165, 1.54) is 36.0 Å². The molecule has 0 bridgehead atoms. The fourth-order valence-corrected chi connectivity index (χ4v) is 2.55. The van der Waals surface area contributed by atoms with Gasteiger partial charge in [0.25, 0.3) is 5.56 Å². The van der Waals surface area contributed by atoms with Gasteiger partial charge in [-0.1, -0.05) is 12.1 Å². The summed E-state index contributed by atoms with van der Waals surface area (Å²) in [5.74, 6) is -0.265. The highest BCUT2D eigenvalue weighted by Crippen LogP contribution is 2.29. The Labute approximate surface area is 146 Å². The van der Waals surface area contributed by atoms with Gasteiger partial charge in [-0.2, -0.15) is 13.2 Å². The maximum absolute atomic E-state index is 12.6. The first-order chi connectivity index (χ1) is 12.2. The summed E-state index contributed by atoms with van der Waals surface area (Å²) in [7, 11) is 0. The average Bonchev–Trinajstić information content (AvgIpc) is 2.57. The molecule has 0 aliphatic rings. The Morgan fingerprint density at radius 1 is 1.15 bits per heavy atom. The Kier molecular flexibility index (Phi) is 4.50. The van der Waals surface area contributed by atoms with Crippen molar-refractivity contribution in [2.75, 3.05) is 5.32 Å². The molecule has 0 unspecified atom stereocenters. The van der Waals surface area contributed by atoms with Gasteiger partial charge in [0.2, 0.25) is 5.91 Å². The van der Waals surface area contributed by atoms with Gasteiger partial charge in [-0.05, 0) is 35.9 Å². The smallest absolute Gasteiger partial charge is 0.326 e. The molecule has 3 rings (SSSR count). The topological polar surface area (TPSA) is 64.0 Å². The van der Waals surface area contributed by atoms with E-state index in [9.17, 15) is 22.8 Å². The van der Waals surface area contributed by atoms with Gasteiger partial charge in [0, 0.05) is 12.6 Å². The molecule has 0 saturated heterocycles. The normalized spacial score (nSPS) is 11.5. The number of alkyl halides is 3. The summed E-state index contributed by atoms with van der Waals surface area (Å²) < 4.78 is 39.2. The second-order valence-corrected chi connectivity index (χ2v) is 5.79. The SMILES string of the molecule is CC(=O)Nc1ccc2ncn(Cc3ccc(C(F)(F)F)cc3)c(=O)c2c1. The number of hydrogen-bond acceptors (Lipinski definition) is 3. The molecule has 3 aromatic rings. The molecular weight excluding hydrogens is 347 g/mol.